The van der Waals surface area contributed by atoms with Gasteiger partial charge in [-0.05, 0) is 30.4 Å². The van der Waals surface area contributed by atoms with Crippen LogP contribution in [0.2, 0.25) is 0 Å². The van der Waals surface area contributed by atoms with E-state index in [1.54, 1.807) is 6.20 Å². The molecule has 0 aromatic carbocycles. The maximum absolute atomic E-state index is 12.2. The first kappa shape index (κ1) is 14.2. The second kappa shape index (κ2) is 6.28. The van der Waals surface area contributed by atoms with Crippen LogP contribution in [0, 0.1) is 11.8 Å². The summed E-state index contributed by atoms with van der Waals surface area (Å²) in [5.41, 5.74) is 6.23. The molecule has 1 aromatic heterocycles. The molecule has 19 heavy (non-hydrogen) atoms. The van der Waals surface area contributed by atoms with Crippen LogP contribution in [-0.2, 0) is 4.79 Å². The van der Waals surface area contributed by atoms with Crippen LogP contribution in [0.25, 0.3) is 0 Å². The van der Waals surface area contributed by atoms with Gasteiger partial charge < -0.3 is 10.6 Å². The summed E-state index contributed by atoms with van der Waals surface area (Å²) in [7, 11) is 0. The predicted molar refractivity (Wildman–Crippen MR) is 78.9 cm³/mol. The maximum Gasteiger partial charge on any atom is 0.233 e. The zero-order valence-corrected chi connectivity index (χ0v) is 12.3. The first-order valence-electron chi connectivity index (χ1n) is 6.66. The number of anilines is 1. The summed E-state index contributed by atoms with van der Waals surface area (Å²) < 4.78 is 0. The number of carbonyl (C=O) groups is 1. The van der Waals surface area contributed by atoms with Crippen LogP contribution >= 0.6 is 11.8 Å². The fourth-order valence-electron chi connectivity index (χ4n) is 2.57. The van der Waals surface area contributed by atoms with Crippen molar-refractivity contribution < 1.29 is 4.79 Å². The fourth-order valence-corrected chi connectivity index (χ4v) is 3.32. The van der Waals surface area contributed by atoms with Gasteiger partial charge in [-0.15, -0.1) is 0 Å². The molecule has 1 saturated heterocycles. The Labute approximate surface area is 118 Å². The summed E-state index contributed by atoms with van der Waals surface area (Å²) in [6, 6.07) is 3.67. The van der Waals surface area contributed by atoms with Crippen LogP contribution in [-0.4, -0.2) is 34.6 Å². The lowest BCUT2D eigenvalue weighted by atomic mass is 9.92. The predicted octanol–water partition coefficient (Wildman–Crippen LogP) is 2.26. The van der Waals surface area contributed by atoms with Crippen molar-refractivity contribution in [3.63, 3.8) is 0 Å². The number of hydrogen-bond acceptors (Lipinski definition) is 4. The number of nitrogens with zero attached hydrogens (tertiary/aromatic N) is 2. The van der Waals surface area contributed by atoms with E-state index in [1.165, 1.54) is 18.2 Å². The Morgan fingerprint density at radius 1 is 1.42 bits per heavy atom. The molecule has 2 atom stereocenters. The molecule has 2 rings (SSSR count). The third-order valence-electron chi connectivity index (χ3n) is 3.32. The second-order valence-corrected chi connectivity index (χ2v) is 6.46. The van der Waals surface area contributed by atoms with E-state index in [0.29, 0.717) is 23.3 Å². The van der Waals surface area contributed by atoms with Crippen molar-refractivity contribution in [2.75, 3.05) is 24.6 Å². The van der Waals surface area contributed by atoms with Crippen LogP contribution in [0.1, 0.15) is 20.3 Å². The van der Waals surface area contributed by atoms with E-state index < -0.39 is 0 Å². The number of carbonyl (C=O) groups excluding carboxylic acids is 1. The van der Waals surface area contributed by atoms with Gasteiger partial charge in [0.1, 0.15) is 0 Å². The Morgan fingerprint density at radius 3 is 2.68 bits per heavy atom. The van der Waals surface area contributed by atoms with Gasteiger partial charge in [-0.1, -0.05) is 25.6 Å². The van der Waals surface area contributed by atoms with Gasteiger partial charge in [-0.3, -0.25) is 4.79 Å². The zero-order chi connectivity index (χ0) is 13.8. The standard InChI is InChI=1S/C14H21N3OS/c1-10-5-11(2)8-17(7-10)14(18)9-19-13-4-3-12(15)6-16-13/h3-4,6,10-11H,5,7-9,15H2,1-2H3. The van der Waals surface area contributed by atoms with Gasteiger partial charge in [-0.2, -0.15) is 0 Å². The summed E-state index contributed by atoms with van der Waals surface area (Å²) in [5, 5.41) is 0.848. The molecule has 1 aliphatic heterocycles. The van der Waals surface area contributed by atoms with Crippen molar-refractivity contribution >= 4 is 23.4 Å². The lowest BCUT2D eigenvalue weighted by Gasteiger charge is -2.35. The van der Waals surface area contributed by atoms with E-state index in [4.69, 9.17) is 5.73 Å². The van der Waals surface area contributed by atoms with E-state index in [1.807, 2.05) is 17.0 Å². The minimum Gasteiger partial charge on any atom is -0.397 e. The highest BCUT2D eigenvalue weighted by Gasteiger charge is 2.25. The number of likely N-dealkylation sites (tertiary alicyclic amines) is 1. The molecule has 2 unspecified atom stereocenters. The third kappa shape index (κ3) is 4.13. The van der Waals surface area contributed by atoms with Crippen LogP contribution < -0.4 is 5.73 Å². The number of thioether (sulfide) groups is 1. The Balaban J connectivity index is 1.85. The topological polar surface area (TPSA) is 59.2 Å². The molecule has 0 aliphatic carbocycles. The first-order chi connectivity index (χ1) is 9.04. The van der Waals surface area contributed by atoms with Gasteiger partial charge in [0.25, 0.3) is 0 Å². The lowest BCUT2D eigenvalue weighted by molar-refractivity contribution is -0.130. The van der Waals surface area contributed by atoms with Gasteiger partial charge in [0.2, 0.25) is 5.91 Å². The average Bonchev–Trinajstić information content (AvgIpc) is 2.36. The minimum absolute atomic E-state index is 0.210. The van der Waals surface area contributed by atoms with E-state index in [-0.39, 0.29) is 5.91 Å². The summed E-state index contributed by atoms with van der Waals surface area (Å²) in [6.07, 6.45) is 2.84. The van der Waals surface area contributed by atoms with Crippen LogP contribution in [0.5, 0.6) is 0 Å². The molecule has 1 aromatic rings. The molecule has 0 spiro atoms. The molecule has 0 bridgehead atoms. The van der Waals surface area contributed by atoms with Crippen molar-refractivity contribution in [3.8, 4) is 0 Å². The fraction of sp³-hybridized carbons (Fsp3) is 0.571. The van der Waals surface area contributed by atoms with Crippen LogP contribution in [0.15, 0.2) is 23.4 Å². The number of piperidine rings is 1. The Hall–Kier alpha value is -1.23. The van der Waals surface area contributed by atoms with Crippen molar-refractivity contribution in [1.29, 1.82) is 0 Å². The van der Waals surface area contributed by atoms with Crippen molar-refractivity contribution in [1.82, 2.24) is 9.88 Å². The molecule has 2 heterocycles. The Bertz CT molecular complexity index is 425. The van der Waals surface area contributed by atoms with Gasteiger partial charge in [-0.25, -0.2) is 4.98 Å². The number of amides is 1. The highest BCUT2D eigenvalue weighted by Crippen LogP contribution is 2.23. The maximum atomic E-state index is 12.2. The zero-order valence-electron chi connectivity index (χ0n) is 11.5. The number of hydrogen-bond donors (Lipinski definition) is 1. The summed E-state index contributed by atoms with van der Waals surface area (Å²) >= 11 is 1.48. The molecule has 1 fully saturated rings. The van der Waals surface area contributed by atoms with Crippen LogP contribution in [0.4, 0.5) is 5.69 Å². The quantitative estimate of drug-likeness (QED) is 0.862. The molecule has 5 heteroatoms. The minimum atomic E-state index is 0.210. The van der Waals surface area contributed by atoms with E-state index >= 15 is 0 Å². The largest absolute Gasteiger partial charge is 0.397 e. The molecule has 104 valence electrons. The number of pyridine rings is 1. The van der Waals surface area contributed by atoms with E-state index in [9.17, 15) is 4.79 Å². The van der Waals surface area contributed by atoms with Gasteiger partial charge in [0.15, 0.2) is 0 Å². The second-order valence-electron chi connectivity index (χ2n) is 5.46. The van der Waals surface area contributed by atoms with Gasteiger partial charge in [0, 0.05) is 13.1 Å². The molecule has 0 saturated carbocycles. The summed E-state index contributed by atoms with van der Waals surface area (Å²) in [4.78, 5) is 18.4. The van der Waals surface area contributed by atoms with E-state index in [0.717, 1.165) is 18.1 Å². The normalized spacial score (nSPS) is 23.4. The van der Waals surface area contributed by atoms with Crippen molar-refractivity contribution in [2.45, 2.75) is 25.3 Å². The average molecular weight is 279 g/mol. The molecule has 1 aliphatic rings. The number of nitrogen functional groups attached to an aromatic ring is 1. The Morgan fingerprint density at radius 2 is 2.11 bits per heavy atom. The summed E-state index contributed by atoms with van der Waals surface area (Å²) in [6.45, 7) is 6.20. The number of nitrogens with two attached hydrogens (primary N) is 1. The number of aromatic nitrogens is 1. The van der Waals surface area contributed by atoms with Crippen molar-refractivity contribution in [3.05, 3.63) is 18.3 Å². The van der Waals surface area contributed by atoms with Crippen LogP contribution in [0.3, 0.4) is 0 Å². The first-order valence-corrected chi connectivity index (χ1v) is 7.65. The molecular weight excluding hydrogens is 258 g/mol. The molecule has 2 N–H and O–H groups in total. The monoisotopic (exact) mass is 279 g/mol. The molecule has 4 nitrogen and oxygen atoms in total. The van der Waals surface area contributed by atoms with Crippen molar-refractivity contribution in [2.24, 2.45) is 11.8 Å². The van der Waals surface area contributed by atoms with Gasteiger partial charge in [0.05, 0.1) is 22.7 Å². The number of rotatable bonds is 3. The SMILES string of the molecule is CC1CC(C)CN(C(=O)CSc2ccc(N)cn2)C1. The van der Waals surface area contributed by atoms with Gasteiger partial charge >= 0.3 is 0 Å². The Kier molecular flexibility index (Phi) is 4.69. The lowest BCUT2D eigenvalue weighted by Crippen LogP contribution is -2.43. The highest BCUT2D eigenvalue weighted by atomic mass is 32.2. The van der Waals surface area contributed by atoms with E-state index in [2.05, 4.69) is 18.8 Å². The molecule has 1 amide bonds. The molecule has 0 radical (unpaired) electrons. The third-order valence-corrected chi connectivity index (χ3v) is 4.25. The summed E-state index contributed by atoms with van der Waals surface area (Å²) in [5.74, 6) is 1.87. The smallest absolute Gasteiger partial charge is 0.233 e. The highest BCUT2D eigenvalue weighted by molar-refractivity contribution is 7.99. The molecular formula is C14H21N3OS.